The molecule has 1 aliphatic heterocycles. The zero-order valence-electron chi connectivity index (χ0n) is 12.0. The summed E-state index contributed by atoms with van der Waals surface area (Å²) >= 11 is 2.20. The first kappa shape index (κ1) is 16.2. The zero-order valence-corrected chi connectivity index (χ0v) is 14.2. The van der Waals surface area contributed by atoms with Crippen molar-refractivity contribution in [1.82, 2.24) is 0 Å². The molecule has 0 aromatic heterocycles. The highest BCUT2D eigenvalue weighted by Gasteiger charge is 2.41. The summed E-state index contributed by atoms with van der Waals surface area (Å²) in [5, 5.41) is 0. The number of ether oxygens (including phenoxy) is 2. The van der Waals surface area contributed by atoms with Gasteiger partial charge in [0.25, 0.3) is 0 Å². The molecule has 0 spiro atoms. The molecule has 1 unspecified atom stereocenters. The molecular weight excluding hydrogens is 420 g/mol. The van der Waals surface area contributed by atoms with Gasteiger partial charge in [-0.15, -0.1) is 0 Å². The lowest BCUT2D eigenvalue weighted by molar-refractivity contribution is -0.180. The van der Waals surface area contributed by atoms with E-state index < -0.39 is 12.3 Å². The van der Waals surface area contributed by atoms with E-state index in [-0.39, 0.29) is 5.75 Å². The Bertz CT molecular complexity index is 769. The van der Waals surface area contributed by atoms with E-state index in [4.69, 9.17) is 9.47 Å². The first-order valence-electron chi connectivity index (χ1n) is 6.82. The van der Waals surface area contributed by atoms with Crippen LogP contribution in [0, 0.1) is 10.5 Å². The fraction of sp³-hybridized carbons (Fsp3) is 0.176. The third-order valence-corrected chi connectivity index (χ3v) is 4.05. The Balaban J connectivity index is 1.86. The monoisotopic (exact) mass is 432 g/mol. The van der Waals surface area contributed by atoms with E-state index in [0.29, 0.717) is 17.1 Å². The highest BCUT2D eigenvalue weighted by atomic mass is 127. The van der Waals surface area contributed by atoms with Gasteiger partial charge in [-0.25, -0.2) is 0 Å². The highest BCUT2D eigenvalue weighted by molar-refractivity contribution is 14.1. The fourth-order valence-electron chi connectivity index (χ4n) is 2.22. The van der Waals surface area contributed by atoms with Crippen molar-refractivity contribution < 1.29 is 22.6 Å². The third kappa shape index (κ3) is 3.63. The molecule has 120 valence electrons. The van der Waals surface area contributed by atoms with E-state index in [2.05, 4.69) is 22.6 Å². The lowest BCUT2D eigenvalue weighted by atomic mass is 10.1. The van der Waals surface area contributed by atoms with Gasteiger partial charge in [0, 0.05) is 15.2 Å². The Morgan fingerprint density at radius 2 is 1.91 bits per heavy atom. The van der Waals surface area contributed by atoms with Crippen molar-refractivity contribution in [1.29, 1.82) is 0 Å². The maximum Gasteiger partial charge on any atom is 0.429 e. The van der Waals surface area contributed by atoms with Crippen LogP contribution in [-0.4, -0.2) is 12.3 Å². The van der Waals surface area contributed by atoms with E-state index >= 15 is 0 Å². The molecule has 2 aromatic rings. The molecule has 2 aromatic carbocycles. The van der Waals surface area contributed by atoms with Gasteiger partial charge < -0.3 is 9.47 Å². The van der Waals surface area contributed by atoms with E-state index in [9.17, 15) is 13.2 Å². The van der Waals surface area contributed by atoms with Crippen molar-refractivity contribution in [3.8, 4) is 17.2 Å². The van der Waals surface area contributed by atoms with Crippen molar-refractivity contribution in [3.63, 3.8) is 0 Å². The molecule has 2 nitrogen and oxygen atoms in total. The summed E-state index contributed by atoms with van der Waals surface area (Å²) in [6, 6.07) is 10.6. The molecule has 1 atom stereocenters. The van der Waals surface area contributed by atoms with Crippen molar-refractivity contribution in [3.05, 3.63) is 57.2 Å². The molecule has 0 fully saturated rings. The van der Waals surface area contributed by atoms with E-state index in [1.807, 2.05) is 25.1 Å². The minimum absolute atomic E-state index is 0.162. The number of rotatable bonds is 2. The molecule has 0 saturated carbocycles. The Morgan fingerprint density at radius 3 is 2.61 bits per heavy atom. The van der Waals surface area contributed by atoms with Gasteiger partial charge >= 0.3 is 6.18 Å². The fourth-order valence-corrected chi connectivity index (χ4v) is 2.86. The normalized spacial score (nSPS) is 16.7. The number of aryl methyl sites for hydroxylation is 1. The van der Waals surface area contributed by atoms with Gasteiger partial charge in [0.05, 0.1) is 0 Å². The Hall–Kier alpha value is -1.70. The van der Waals surface area contributed by atoms with Crippen LogP contribution in [0.3, 0.4) is 0 Å². The first-order valence-corrected chi connectivity index (χ1v) is 7.90. The Morgan fingerprint density at radius 1 is 1.13 bits per heavy atom. The van der Waals surface area contributed by atoms with E-state index in [1.165, 1.54) is 12.1 Å². The SMILES string of the molecule is Cc1cc(I)ccc1Oc1ccc2c(c1)OC(C(F)(F)F)C=C2. The van der Waals surface area contributed by atoms with Crippen LogP contribution < -0.4 is 9.47 Å². The van der Waals surface area contributed by atoms with Gasteiger partial charge in [-0.05, 0) is 71.5 Å². The van der Waals surface area contributed by atoms with Crippen molar-refractivity contribution in [2.45, 2.75) is 19.2 Å². The predicted molar refractivity (Wildman–Crippen MR) is 89.9 cm³/mol. The lowest BCUT2D eigenvalue weighted by Gasteiger charge is -2.23. The van der Waals surface area contributed by atoms with Crippen molar-refractivity contribution in [2.24, 2.45) is 0 Å². The number of hydrogen-bond donors (Lipinski definition) is 0. The van der Waals surface area contributed by atoms with Crippen LogP contribution in [0.15, 0.2) is 42.5 Å². The van der Waals surface area contributed by atoms with Gasteiger partial charge in [0.1, 0.15) is 17.2 Å². The molecule has 0 radical (unpaired) electrons. The molecule has 3 rings (SSSR count). The molecule has 1 heterocycles. The largest absolute Gasteiger partial charge is 0.476 e. The second-order valence-electron chi connectivity index (χ2n) is 5.15. The van der Waals surface area contributed by atoms with Gasteiger partial charge in [-0.1, -0.05) is 6.08 Å². The first-order chi connectivity index (χ1) is 10.8. The van der Waals surface area contributed by atoms with E-state index in [1.54, 1.807) is 12.1 Å². The van der Waals surface area contributed by atoms with Crippen LogP contribution in [0.1, 0.15) is 11.1 Å². The van der Waals surface area contributed by atoms with Crippen molar-refractivity contribution >= 4 is 28.7 Å². The van der Waals surface area contributed by atoms with E-state index in [0.717, 1.165) is 15.2 Å². The topological polar surface area (TPSA) is 18.5 Å². The molecule has 0 saturated heterocycles. The summed E-state index contributed by atoms with van der Waals surface area (Å²) in [6.45, 7) is 1.91. The Labute approximate surface area is 145 Å². The van der Waals surface area contributed by atoms with Crippen LogP contribution in [0.4, 0.5) is 13.2 Å². The van der Waals surface area contributed by atoms with Gasteiger partial charge in [-0.3, -0.25) is 0 Å². The standard InChI is InChI=1S/C17H12F3IO2/c1-10-8-12(21)4-6-14(10)22-13-5-2-11-3-7-16(17(18,19)20)23-15(11)9-13/h2-9,16H,1H3. The number of fused-ring (bicyclic) bond motifs is 1. The third-order valence-electron chi connectivity index (χ3n) is 3.38. The predicted octanol–water partition coefficient (Wildman–Crippen LogP) is 5.73. The molecule has 0 aliphatic carbocycles. The number of hydrogen-bond acceptors (Lipinski definition) is 2. The summed E-state index contributed by atoms with van der Waals surface area (Å²) in [5.74, 6) is 1.25. The lowest BCUT2D eigenvalue weighted by Crippen LogP contribution is -2.33. The second kappa shape index (κ2) is 6.07. The minimum atomic E-state index is -4.43. The van der Waals surface area contributed by atoms with Crippen LogP contribution in [0.5, 0.6) is 17.2 Å². The minimum Gasteiger partial charge on any atom is -0.476 e. The van der Waals surface area contributed by atoms with Crippen LogP contribution in [-0.2, 0) is 0 Å². The Kier molecular flexibility index (Phi) is 4.27. The van der Waals surface area contributed by atoms with Gasteiger partial charge in [0.2, 0.25) is 6.10 Å². The molecule has 6 heteroatoms. The van der Waals surface area contributed by atoms with Crippen LogP contribution >= 0.6 is 22.6 Å². The van der Waals surface area contributed by atoms with Crippen molar-refractivity contribution in [2.75, 3.05) is 0 Å². The second-order valence-corrected chi connectivity index (χ2v) is 6.40. The number of alkyl halides is 3. The van der Waals surface area contributed by atoms with Crippen LogP contribution in [0.2, 0.25) is 0 Å². The summed E-state index contributed by atoms with van der Waals surface area (Å²) in [6.07, 6.45) is -3.94. The average molecular weight is 432 g/mol. The summed E-state index contributed by atoms with van der Waals surface area (Å²) in [4.78, 5) is 0. The molecule has 1 aliphatic rings. The summed E-state index contributed by atoms with van der Waals surface area (Å²) < 4.78 is 50.2. The quantitative estimate of drug-likeness (QED) is 0.565. The van der Waals surface area contributed by atoms with Crippen LogP contribution in [0.25, 0.3) is 6.08 Å². The molecule has 23 heavy (non-hydrogen) atoms. The maximum atomic E-state index is 12.8. The smallest absolute Gasteiger partial charge is 0.429 e. The molecule has 0 N–H and O–H groups in total. The molecular formula is C17H12F3IO2. The van der Waals surface area contributed by atoms with Gasteiger partial charge in [0.15, 0.2) is 0 Å². The average Bonchev–Trinajstić information content (AvgIpc) is 2.48. The zero-order chi connectivity index (χ0) is 16.6. The summed E-state index contributed by atoms with van der Waals surface area (Å²) in [7, 11) is 0. The molecule has 0 amide bonds. The number of benzene rings is 2. The molecule has 0 bridgehead atoms. The highest BCUT2D eigenvalue weighted by Crippen LogP contribution is 2.36. The summed E-state index contributed by atoms with van der Waals surface area (Å²) in [5.41, 5.74) is 1.54. The number of halogens is 4. The maximum absolute atomic E-state index is 12.8. The van der Waals surface area contributed by atoms with Gasteiger partial charge in [-0.2, -0.15) is 13.2 Å².